The summed E-state index contributed by atoms with van der Waals surface area (Å²) in [6.45, 7) is 6.51. The summed E-state index contributed by atoms with van der Waals surface area (Å²) in [5.74, 6) is -0.696. The van der Waals surface area contributed by atoms with E-state index in [1.807, 2.05) is 43.0 Å². The second-order valence-corrected chi connectivity index (χ2v) is 7.96. The number of halogens is 3. The molecule has 10 heteroatoms. The molecule has 3 rings (SSSR count). The molecule has 1 aliphatic heterocycles. The van der Waals surface area contributed by atoms with Crippen LogP contribution < -0.4 is 15.4 Å². The van der Waals surface area contributed by atoms with Crippen molar-refractivity contribution in [3.8, 4) is 5.75 Å². The summed E-state index contributed by atoms with van der Waals surface area (Å²) in [5, 5.41) is 5.59. The lowest BCUT2D eigenvalue weighted by Crippen LogP contribution is -2.53. The van der Waals surface area contributed by atoms with E-state index >= 15 is 0 Å². The number of piperazine rings is 1. The van der Waals surface area contributed by atoms with Crippen molar-refractivity contribution in [1.82, 2.24) is 9.80 Å². The van der Waals surface area contributed by atoms with Crippen molar-refractivity contribution in [2.75, 3.05) is 43.4 Å². The van der Waals surface area contributed by atoms with Crippen LogP contribution in [0.3, 0.4) is 0 Å². The molecule has 33 heavy (non-hydrogen) atoms. The SMILES string of the molecule is Cc1ccc(NC(=O)C(C)N2CCN(CC(=O)Nc3ccc(OC(F)(F)F)cc3)CC2)cc1. The minimum atomic E-state index is -4.76. The number of anilines is 2. The minimum Gasteiger partial charge on any atom is -0.406 e. The second-order valence-electron chi connectivity index (χ2n) is 7.96. The van der Waals surface area contributed by atoms with Crippen molar-refractivity contribution in [2.24, 2.45) is 0 Å². The lowest BCUT2D eigenvalue weighted by Gasteiger charge is -2.37. The van der Waals surface area contributed by atoms with Crippen molar-refractivity contribution in [3.05, 3.63) is 54.1 Å². The van der Waals surface area contributed by atoms with E-state index in [4.69, 9.17) is 0 Å². The van der Waals surface area contributed by atoms with Gasteiger partial charge >= 0.3 is 6.36 Å². The van der Waals surface area contributed by atoms with Gasteiger partial charge in [0.15, 0.2) is 0 Å². The van der Waals surface area contributed by atoms with Gasteiger partial charge in [0.2, 0.25) is 11.8 Å². The van der Waals surface area contributed by atoms with Crippen LogP contribution in [0.25, 0.3) is 0 Å². The first-order chi connectivity index (χ1) is 15.6. The van der Waals surface area contributed by atoms with Gasteiger partial charge in [0.1, 0.15) is 5.75 Å². The van der Waals surface area contributed by atoms with Crippen LogP contribution in [0.5, 0.6) is 5.75 Å². The average Bonchev–Trinajstić information content (AvgIpc) is 2.75. The first kappa shape index (κ1) is 24.5. The number of amides is 2. The van der Waals surface area contributed by atoms with Crippen LogP contribution in [0.1, 0.15) is 12.5 Å². The van der Waals surface area contributed by atoms with Crippen LogP contribution in [0, 0.1) is 6.92 Å². The molecule has 0 spiro atoms. The van der Waals surface area contributed by atoms with E-state index in [0.29, 0.717) is 31.9 Å². The Labute approximate surface area is 190 Å². The van der Waals surface area contributed by atoms with Crippen LogP contribution in [0.2, 0.25) is 0 Å². The van der Waals surface area contributed by atoms with Crippen LogP contribution in [0.15, 0.2) is 48.5 Å². The lowest BCUT2D eigenvalue weighted by atomic mass is 10.2. The highest BCUT2D eigenvalue weighted by Crippen LogP contribution is 2.24. The number of hydrogen-bond acceptors (Lipinski definition) is 5. The summed E-state index contributed by atoms with van der Waals surface area (Å²) in [7, 11) is 0. The molecule has 1 heterocycles. The Bertz CT molecular complexity index is 941. The number of hydrogen-bond donors (Lipinski definition) is 2. The zero-order chi connectivity index (χ0) is 24.0. The van der Waals surface area contributed by atoms with E-state index in [1.54, 1.807) is 0 Å². The normalized spacial score (nSPS) is 16.2. The fourth-order valence-electron chi connectivity index (χ4n) is 3.50. The third-order valence-electron chi connectivity index (χ3n) is 5.39. The maximum absolute atomic E-state index is 12.6. The maximum Gasteiger partial charge on any atom is 0.573 e. The van der Waals surface area contributed by atoms with Gasteiger partial charge in [-0.3, -0.25) is 19.4 Å². The summed E-state index contributed by atoms with van der Waals surface area (Å²) >= 11 is 0. The zero-order valence-electron chi connectivity index (χ0n) is 18.5. The third kappa shape index (κ3) is 7.76. The Morgan fingerprint density at radius 2 is 1.48 bits per heavy atom. The molecule has 1 unspecified atom stereocenters. The quantitative estimate of drug-likeness (QED) is 0.657. The number of carbonyl (C=O) groups excluding carboxylic acids is 2. The summed E-state index contributed by atoms with van der Waals surface area (Å²) in [4.78, 5) is 28.9. The van der Waals surface area contributed by atoms with E-state index < -0.39 is 6.36 Å². The molecule has 1 fully saturated rings. The van der Waals surface area contributed by atoms with Gasteiger partial charge in [-0.1, -0.05) is 17.7 Å². The van der Waals surface area contributed by atoms with Crippen molar-refractivity contribution >= 4 is 23.2 Å². The highest BCUT2D eigenvalue weighted by molar-refractivity contribution is 5.94. The second kappa shape index (κ2) is 10.7. The van der Waals surface area contributed by atoms with Gasteiger partial charge in [-0.25, -0.2) is 0 Å². The van der Waals surface area contributed by atoms with Crippen LogP contribution in [-0.4, -0.2) is 66.7 Å². The molecule has 0 aromatic heterocycles. The average molecular weight is 464 g/mol. The molecular formula is C23H27F3N4O3. The molecule has 0 saturated carbocycles. The summed E-state index contributed by atoms with van der Waals surface area (Å²) in [6.07, 6.45) is -4.76. The molecule has 2 aromatic rings. The predicted molar refractivity (Wildman–Crippen MR) is 119 cm³/mol. The van der Waals surface area contributed by atoms with E-state index in [2.05, 4.69) is 20.3 Å². The van der Waals surface area contributed by atoms with Crippen LogP contribution in [0.4, 0.5) is 24.5 Å². The van der Waals surface area contributed by atoms with Crippen molar-refractivity contribution in [1.29, 1.82) is 0 Å². The monoisotopic (exact) mass is 464 g/mol. The standard InChI is InChI=1S/C23H27F3N4O3/c1-16-3-5-19(6-4-16)28-22(32)17(2)30-13-11-29(12-14-30)15-21(31)27-18-7-9-20(10-8-18)33-23(24,25)26/h3-10,17H,11-15H2,1-2H3,(H,27,31)(H,28,32). The molecule has 178 valence electrons. The maximum atomic E-state index is 12.6. The number of aryl methyl sites for hydroxylation is 1. The van der Waals surface area contributed by atoms with Crippen molar-refractivity contribution in [3.63, 3.8) is 0 Å². The molecule has 2 amide bonds. The van der Waals surface area contributed by atoms with E-state index in [1.165, 1.54) is 12.1 Å². The molecule has 1 aliphatic rings. The Morgan fingerprint density at radius 1 is 0.939 bits per heavy atom. The number of nitrogens with zero attached hydrogens (tertiary/aromatic N) is 2. The summed E-state index contributed by atoms with van der Waals surface area (Å²) in [6, 6.07) is 12.3. The van der Waals surface area contributed by atoms with Gasteiger partial charge in [-0.2, -0.15) is 0 Å². The summed E-state index contributed by atoms with van der Waals surface area (Å²) in [5.41, 5.74) is 2.26. The number of rotatable bonds is 7. The number of benzene rings is 2. The van der Waals surface area contributed by atoms with Gasteiger partial charge < -0.3 is 15.4 Å². The van der Waals surface area contributed by atoms with Gasteiger partial charge in [-0.15, -0.1) is 13.2 Å². The van der Waals surface area contributed by atoms with E-state index in [0.717, 1.165) is 23.4 Å². The van der Waals surface area contributed by atoms with Crippen molar-refractivity contribution in [2.45, 2.75) is 26.3 Å². The Kier molecular flexibility index (Phi) is 7.93. The first-order valence-corrected chi connectivity index (χ1v) is 10.6. The topological polar surface area (TPSA) is 73.9 Å². The molecule has 7 nitrogen and oxygen atoms in total. The van der Waals surface area contributed by atoms with Gasteiger partial charge in [-0.05, 0) is 50.2 Å². The fraction of sp³-hybridized carbons (Fsp3) is 0.391. The van der Waals surface area contributed by atoms with E-state index in [-0.39, 0.29) is 30.2 Å². The molecule has 2 N–H and O–H groups in total. The third-order valence-corrected chi connectivity index (χ3v) is 5.39. The highest BCUT2D eigenvalue weighted by Gasteiger charge is 2.31. The summed E-state index contributed by atoms with van der Waals surface area (Å²) < 4.78 is 40.5. The van der Waals surface area contributed by atoms with Crippen molar-refractivity contribution < 1.29 is 27.5 Å². The molecule has 0 radical (unpaired) electrons. The van der Waals surface area contributed by atoms with Gasteiger partial charge in [0.25, 0.3) is 0 Å². The Morgan fingerprint density at radius 3 is 2.06 bits per heavy atom. The predicted octanol–water partition coefficient (Wildman–Crippen LogP) is 3.48. The molecule has 0 bridgehead atoms. The highest BCUT2D eigenvalue weighted by atomic mass is 19.4. The molecule has 0 aliphatic carbocycles. The number of alkyl halides is 3. The van der Waals surface area contributed by atoms with E-state index in [9.17, 15) is 22.8 Å². The van der Waals surface area contributed by atoms with Crippen LogP contribution >= 0.6 is 0 Å². The zero-order valence-corrected chi connectivity index (χ0v) is 18.5. The Hall–Kier alpha value is -3.11. The largest absolute Gasteiger partial charge is 0.573 e. The number of carbonyl (C=O) groups is 2. The van der Waals surface area contributed by atoms with Gasteiger partial charge in [0, 0.05) is 37.6 Å². The number of ether oxygens (including phenoxy) is 1. The Balaban J connectivity index is 1.41. The lowest BCUT2D eigenvalue weighted by molar-refractivity contribution is -0.274. The van der Waals surface area contributed by atoms with Crippen LogP contribution in [-0.2, 0) is 9.59 Å². The smallest absolute Gasteiger partial charge is 0.406 e. The van der Waals surface area contributed by atoms with Gasteiger partial charge in [0.05, 0.1) is 12.6 Å². The molecule has 1 atom stereocenters. The fourth-order valence-corrected chi connectivity index (χ4v) is 3.50. The number of nitrogens with one attached hydrogen (secondary N) is 2. The molecular weight excluding hydrogens is 437 g/mol. The molecule has 1 saturated heterocycles. The minimum absolute atomic E-state index is 0.0806. The first-order valence-electron chi connectivity index (χ1n) is 10.6. The molecule has 2 aromatic carbocycles.